The van der Waals surface area contributed by atoms with Gasteiger partial charge in [0.2, 0.25) is 0 Å². The number of hydrogen-bond acceptors (Lipinski definition) is 3. The Balaban J connectivity index is 3.95. The van der Waals surface area contributed by atoms with E-state index in [2.05, 4.69) is 38.2 Å². The van der Waals surface area contributed by atoms with Gasteiger partial charge in [-0.15, -0.1) is 0 Å². The number of allylic oxidation sites excluding steroid dienone is 4. The van der Waals surface area contributed by atoms with Gasteiger partial charge in [-0.3, -0.25) is 9.59 Å². The second-order valence-electron chi connectivity index (χ2n) is 14.5. The maximum atomic E-state index is 12.7. The summed E-state index contributed by atoms with van der Waals surface area (Å²) in [5, 5.41) is 8.82. The number of carbonyl (C=O) groups is 2. The van der Waals surface area contributed by atoms with Crippen LogP contribution in [0.25, 0.3) is 0 Å². The third-order valence-corrected chi connectivity index (χ3v) is 9.68. The van der Waals surface area contributed by atoms with Gasteiger partial charge in [0.15, 0.2) is 0 Å². The summed E-state index contributed by atoms with van der Waals surface area (Å²) in [6.07, 6.45) is 50.7. The molecule has 0 radical (unpaired) electrons. The van der Waals surface area contributed by atoms with Crippen molar-refractivity contribution in [3.8, 4) is 0 Å². The van der Waals surface area contributed by atoms with Crippen LogP contribution >= 0.6 is 0 Å². The number of esters is 1. The molecule has 0 saturated heterocycles. The van der Waals surface area contributed by atoms with E-state index in [0.29, 0.717) is 6.42 Å². The van der Waals surface area contributed by atoms with E-state index >= 15 is 0 Å². The molecule has 4 heteroatoms. The summed E-state index contributed by atoms with van der Waals surface area (Å²) in [5.74, 6) is -0.721. The number of unbranched alkanes of at least 4 members (excludes halogenated alkanes) is 26. The molecule has 48 heavy (non-hydrogen) atoms. The van der Waals surface area contributed by atoms with E-state index in [1.165, 1.54) is 135 Å². The molecule has 0 aromatic rings. The quantitative estimate of drug-likeness (QED) is 0.0400. The maximum Gasteiger partial charge on any atom is 0.306 e. The van der Waals surface area contributed by atoms with Crippen LogP contribution in [0.15, 0.2) is 24.3 Å². The first kappa shape index (κ1) is 46.4. The molecule has 1 N–H and O–H groups in total. The number of carboxylic acids is 1. The summed E-state index contributed by atoms with van der Waals surface area (Å²) < 4.78 is 5.99. The Morgan fingerprint density at radius 2 is 0.833 bits per heavy atom. The van der Waals surface area contributed by atoms with Gasteiger partial charge in [-0.25, -0.2) is 0 Å². The number of carboxylic acid groups (broad SMARTS) is 1. The molecule has 0 aromatic heterocycles. The van der Waals surface area contributed by atoms with Crippen LogP contribution in [0.2, 0.25) is 0 Å². The predicted molar refractivity (Wildman–Crippen MR) is 209 cm³/mol. The zero-order chi connectivity index (χ0) is 35.0. The van der Waals surface area contributed by atoms with E-state index in [1.807, 2.05) is 0 Å². The molecular formula is C44H82O4. The normalized spacial score (nSPS) is 12.4. The molecule has 0 aliphatic rings. The largest absolute Gasteiger partial charge is 0.481 e. The van der Waals surface area contributed by atoms with E-state index in [4.69, 9.17) is 9.84 Å². The van der Waals surface area contributed by atoms with Crippen LogP contribution < -0.4 is 0 Å². The van der Waals surface area contributed by atoms with Crippen LogP contribution in [-0.4, -0.2) is 23.1 Å². The summed E-state index contributed by atoms with van der Waals surface area (Å²) in [6.45, 7) is 4.53. The lowest BCUT2D eigenvalue weighted by atomic mass is 10.0. The topological polar surface area (TPSA) is 63.6 Å². The highest BCUT2D eigenvalue weighted by molar-refractivity contribution is 5.69. The fourth-order valence-corrected chi connectivity index (χ4v) is 6.52. The summed E-state index contributed by atoms with van der Waals surface area (Å²) in [6, 6.07) is 0. The van der Waals surface area contributed by atoms with Gasteiger partial charge in [0.05, 0.1) is 0 Å². The van der Waals surface area contributed by atoms with Crippen LogP contribution in [0.4, 0.5) is 0 Å². The molecule has 0 aliphatic heterocycles. The van der Waals surface area contributed by atoms with E-state index in [1.54, 1.807) is 0 Å². The third kappa shape index (κ3) is 38.9. The Kier molecular flexibility index (Phi) is 38.5. The van der Waals surface area contributed by atoms with Crippen LogP contribution in [0.1, 0.15) is 239 Å². The molecular weight excluding hydrogens is 592 g/mol. The van der Waals surface area contributed by atoms with Crippen molar-refractivity contribution in [2.75, 3.05) is 0 Å². The van der Waals surface area contributed by atoms with E-state index < -0.39 is 5.97 Å². The Morgan fingerprint density at radius 1 is 0.458 bits per heavy atom. The van der Waals surface area contributed by atoms with Crippen molar-refractivity contribution in [3.05, 3.63) is 24.3 Å². The molecule has 0 aromatic carbocycles. The van der Waals surface area contributed by atoms with Crippen molar-refractivity contribution in [1.29, 1.82) is 0 Å². The highest BCUT2D eigenvalue weighted by Gasteiger charge is 2.14. The van der Waals surface area contributed by atoms with Crippen LogP contribution in [-0.2, 0) is 14.3 Å². The van der Waals surface area contributed by atoms with Gasteiger partial charge in [-0.2, -0.15) is 0 Å². The summed E-state index contributed by atoms with van der Waals surface area (Å²) in [5.41, 5.74) is 0. The van der Waals surface area contributed by atoms with E-state index in [0.717, 1.165) is 77.0 Å². The van der Waals surface area contributed by atoms with Gasteiger partial charge in [0, 0.05) is 12.8 Å². The molecule has 4 nitrogen and oxygen atoms in total. The lowest BCUT2D eigenvalue weighted by Gasteiger charge is -2.18. The lowest BCUT2D eigenvalue weighted by Crippen LogP contribution is -2.18. The van der Waals surface area contributed by atoms with Crippen LogP contribution in [0, 0.1) is 0 Å². The summed E-state index contributed by atoms with van der Waals surface area (Å²) in [4.78, 5) is 23.4. The number of carbonyl (C=O) groups excluding carboxylic acids is 1. The van der Waals surface area contributed by atoms with Crippen molar-refractivity contribution >= 4 is 11.9 Å². The minimum atomic E-state index is -0.705. The zero-order valence-corrected chi connectivity index (χ0v) is 32.3. The van der Waals surface area contributed by atoms with Crippen molar-refractivity contribution < 1.29 is 19.4 Å². The number of rotatable bonds is 39. The standard InChI is InChI=1S/C44H82O4/c1-3-5-7-9-11-13-15-16-17-18-19-20-21-22-24-26-28-33-37-41-44(47)48-42(39-35-31-29-32-36-40-43(45)46)38-34-30-27-25-23-14-12-10-8-6-4-2/h12,14,25,27,42H,3-11,13,15-24,26,28-41H2,1-2H3,(H,45,46)/b14-12-,27-25-. The first-order valence-electron chi connectivity index (χ1n) is 21.3. The molecule has 0 fully saturated rings. The molecule has 0 amide bonds. The van der Waals surface area contributed by atoms with Crippen molar-refractivity contribution in [2.24, 2.45) is 0 Å². The van der Waals surface area contributed by atoms with Gasteiger partial charge in [0.25, 0.3) is 0 Å². The second kappa shape index (κ2) is 39.9. The molecule has 282 valence electrons. The van der Waals surface area contributed by atoms with Gasteiger partial charge in [-0.05, 0) is 64.2 Å². The second-order valence-corrected chi connectivity index (χ2v) is 14.5. The maximum absolute atomic E-state index is 12.7. The third-order valence-electron chi connectivity index (χ3n) is 9.68. The lowest BCUT2D eigenvalue weighted by molar-refractivity contribution is -0.150. The highest BCUT2D eigenvalue weighted by Crippen LogP contribution is 2.18. The average Bonchev–Trinajstić information content (AvgIpc) is 3.07. The first-order chi connectivity index (χ1) is 23.6. The first-order valence-corrected chi connectivity index (χ1v) is 21.3. The Morgan fingerprint density at radius 3 is 1.31 bits per heavy atom. The SMILES string of the molecule is CCCCC/C=C\C/C=C\CCCC(CCCCCCCC(=O)O)OC(=O)CCCCCCCCCCCCCCCCCCCCC. The van der Waals surface area contributed by atoms with Crippen molar-refractivity contribution in [3.63, 3.8) is 0 Å². The van der Waals surface area contributed by atoms with Crippen LogP contribution in [0.5, 0.6) is 0 Å². The van der Waals surface area contributed by atoms with E-state index in [-0.39, 0.29) is 18.5 Å². The minimum Gasteiger partial charge on any atom is -0.481 e. The summed E-state index contributed by atoms with van der Waals surface area (Å²) >= 11 is 0. The van der Waals surface area contributed by atoms with Gasteiger partial charge in [-0.1, -0.05) is 186 Å². The number of ether oxygens (including phenoxy) is 1. The van der Waals surface area contributed by atoms with Gasteiger partial charge in [0.1, 0.15) is 6.10 Å². The molecule has 0 aliphatic carbocycles. The highest BCUT2D eigenvalue weighted by atomic mass is 16.5. The van der Waals surface area contributed by atoms with Crippen molar-refractivity contribution in [2.45, 2.75) is 245 Å². The fourth-order valence-electron chi connectivity index (χ4n) is 6.52. The smallest absolute Gasteiger partial charge is 0.306 e. The molecule has 1 atom stereocenters. The summed E-state index contributed by atoms with van der Waals surface area (Å²) in [7, 11) is 0. The van der Waals surface area contributed by atoms with Gasteiger partial charge >= 0.3 is 11.9 Å². The predicted octanol–water partition coefficient (Wildman–Crippen LogP) is 14.8. The monoisotopic (exact) mass is 675 g/mol. The Bertz CT molecular complexity index is 727. The fraction of sp³-hybridized carbons (Fsp3) is 0.864. The zero-order valence-electron chi connectivity index (χ0n) is 32.3. The molecule has 0 heterocycles. The van der Waals surface area contributed by atoms with Crippen LogP contribution in [0.3, 0.4) is 0 Å². The average molecular weight is 675 g/mol. The molecule has 1 unspecified atom stereocenters. The number of hydrogen-bond donors (Lipinski definition) is 1. The van der Waals surface area contributed by atoms with E-state index in [9.17, 15) is 9.59 Å². The minimum absolute atomic E-state index is 0.0165. The van der Waals surface area contributed by atoms with Gasteiger partial charge < -0.3 is 9.84 Å². The molecule has 0 rings (SSSR count). The molecule has 0 bridgehead atoms. The Hall–Kier alpha value is -1.58. The Labute approximate surface area is 299 Å². The molecule has 0 saturated carbocycles. The number of aliphatic carboxylic acids is 1. The molecule has 0 spiro atoms. The van der Waals surface area contributed by atoms with Crippen molar-refractivity contribution in [1.82, 2.24) is 0 Å².